The number of ether oxygens (including phenoxy) is 1. The summed E-state index contributed by atoms with van der Waals surface area (Å²) in [6.45, 7) is 4.36. The summed E-state index contributed by atoms with van der Waals surface area (Å²) in [5, 5.41) is 5.27. The molecule has 1 aromatic heterocycles. The van der Waals surface area contributed by atoms with Gasteiger partial charge in [0.2, 0.25) is 0 Å². The lowest BCUT2D eigenvalue weighted by Crippen LogP contribution is -2.44. The zero-order valence-corrected chi connectivity index (χ0v) is 15.0. The highest BCUT2D eigenvalue weighted by Crippen LogP contribution is 2.37. The van der Waals surface area contributed by atoms with E-state index in [1.807, 2.05) is 12.1 Å². The largest absolute Gasteiger partial charge is 0.381 e. The molecule has 2 heterocycles. The number of nitrogens with one attached hydrogen (secondary N) is 1. The third kappa shape index (κ3) is 3.87. The van der Waals surface area contributed by atoms with E-state index in [4.69, 9.17) is 4.74 Å². The minimum atomic E-state index is 0.0143. The second-order valence-corrected chi connectivity index (χ2v) is 7.45. The SMILES string of the molecule is CCCc1ccc(C(=O)NCC2(c3cccs3)CCOCC2)cc1. The van der Waals surface area contributed by atoms with Crippen LogP contribution in [-0.4, -0.2) is 25.7 Å². The van der Waals surface area contributed by atoms with Crippen molar-refractivity contribution >= 4 is 17.2 Å². The van der Waals surface area contributed by atoms with Gasteiger partial charge < -0.3 is 10.1 Å². The fourth-order valence-corrected chi connectivity index (χ4v) is 4.30. The fourth-order valence-electron chi connectivity index (χ4n) is 3.32. The van der Waals surface area contributed by atoms with Gasteiger partial charge in [-0.1, -0.05) is 31.5 Å². The van der Waals surface area contributed by atoms with Gasteiger partial charge in [0.1, 0.15) is 0 Å². The maximum Gasteiger partial charge on any atom is 0.251 e. The van der Waals surface area contributed by atoms with Crippen molar-refractivity contribution in [3.8, 4) is 0 Å². The van der Waals surface area contributed by atoms with Crippen LogP contribution in [0.2, 0.25) is 0 Å². The smallest absolute Gasteiger partial charge is 0.251 e. The Bertz CT molecular complexity index is 643. The summed E-state index contributed by atoms with van der Waals surface area (Å²) >= 11 is 1.78. The van der Waals surface area contributed by atoms with Crippen LogP contribution >= 0.6 is 11.3 Å². The van der Waals surface area contributed by atoms with E-state index >= 15 is 0 Å². The Balaban J connectivity index is 1.67. The molecule has 1 N–H and O–H groups in total. The molecule has 0 aliphatic carbocycles. The van der Waals surface area contributed by atoms with Gasteiger partial charge in [0.15, 0.2) is 0 Å². The van der Waals surface area contributed by atoms with Crippen LogP contribution in [-0.2, 0) is 16.6 Å². The molecule has 0 radical (unpaired) electrons. The Kier molecular flexibility index (Phi) is 5.69. The standard InChI is InChI=1S/C20H25NO2S/c1-2-4-16-6-8-17(9-7-16)19(22)21-15-20(10-12-23-13-11-20)18-5-3-14-24-18/h3,5-9,14H,2,4,10-13,15H2,1H3,(H,21,22). The predicted molar refractivity (Wildman–Crippen MR) is 98.8 cm³/mol. The van der Waals surface area contributed by atoms with Crippen LogP contribution < -0.4 is 5.32 Å². The monoisotopic (exact) mass is 343 g/mol. The zero-order chi connectivity index (χ0) is 16.8. The lowest BCUT2D eigenvalue weighted by Gasteiger charge is -2.36. The van der Waals surface area contributed by atoms with E-state index in [1.165, 1.54) is 10.4 Å². The molecule has 3 rings (SSSR count). The molecule has 1 saturated heterocycles. The highest BCUT2D eigenvalue weighted by atomic mass is 32.1. The van der Waals surface area contributed by atoms with E-state index in [-0.39, 0.29) is 11.3 Å². The number of carbonyl (C=O) groups is 1. The molecule has 0 bridgehead atoms. The average molecular weight is 343 g/mol. The molecule has 0 saturated carbocycles. The topological polar surface area (TPSA) is 38.3 Å². The summed E-state index contributed by atoms with van der Waals surface area (Å²) in [7, 11) is 0. The Labute approximate surface area is 148 Å². The molecular weight excluding hydrogens is 318 g/mol. The molecule has 0 unspecified atom stereocenters. The maximum absolute atomic E-state index is 12.5. The zero-order valence-electron chi connectivity index (χ0n) is 14.2. The van der Waals surface area contributed by atoms with E-state index in [0.29, 0.717) is 6.54 Å². The molecule has 0 spiro atoms. The predicted octanol–water partition coefficient (Wildman–Crippen LogP) is 4.18. The number of hydrogen-bond acceptors (Lipinski definition) is 3. The summed E-state index contributed by atoms with van der Waals surface area (Å²) in [5.74, 6) is 0.0143. The molecule has 4 heteroatoms. The van der Waals surface area contributed by atoms with E-state index in [0.717, 1.165) is 44.5 Å². The van der Waals surface area contributed by atoms with Crippen molar-refractivity contribution in [3.05, 3.63) is 57.8 Å². The van der Waals surface area contributed by atoms with Crippen molar-refractivity contribution in [1.29, 1.82) is 0 Å². The van der Waals surface area contributed by atoms with Gasteiger partial charge in [-0.25, -0.2) is 0 Å². The highest BCUT2D eigenvalue weighted by Gasteiger charge is 2.35. The van der Waals surface area contributed by atoms with Gasteiger partial charge >= 0.3 is 0 Å². The molecule has 1 aliphatic heterocycles. The van der Waals surface area contributed by atoms with E-state index < -0.39 is 0 Å². The minimum Gasteiger partial charge on any atom is -0.381 e. The van der Waals surface area contributed by atoms with Crippen LogP contribution in [0.5, 0.6) is 0 Å². The van der Waals surface area contributed by atoms with E-state index in [9.17, 15) is 4.79 Å². The van der Waals surface area contributed by atoms with Crippen LogP contribution in [0.25, 0.3) is 0 Å². The molecule has 128 valence electrons. The van der Waals surface area contributed by atoms with Crippen molar-refractivity contribution in [1.82, 2.24) is 5.32 Å². The van der Waals surface area contributed by atoms with Gasteiger partial charge in [-0.2, -0.15) is 0 Å². The van der Waals surface area contributed by atoms with Crippen molar-refractivity contribution < 1.29 is 9.53 Å². The first-order valence-electron chi connectivity index (χ1n) is 8.72. The Morgan fingerprint density at radius 2 is 1.96 bits per heavy atom. The average Bonchev–Trinajstić information content (AvgIpc) is 3.17. The second-order valence-electron chi connectivity index (χ2n) is 6.50. The lowest BCUT2D eigenvalue weighted by molar-refractivity contribution is 0.0499. The summed E-state index contributed by atoms with van der Waals surface area (Å²) in [6.07, 6.45) is 4.10. The van der Waals surface area contributed by atoms with Gasteiger partial charge in [-0.05, 0) is 48.4 Å². The van der Waals surface area contributed by atoms with Crippen LogP contribution in [0.15, 0.2) is 41.8 Å². The normalized spacial score (nSPS) is 16.7. The van der Waals surface area contributed by atoms with Crippen LogP contribution in [0.1, 0.15) is 47.0 Å². The third-order valence-electron chi connectivity index (χ3n) is 4.84. The van der Waals surface area contributed by atoms with Gasteiger partial charge in [-0.3, -0.25) is 4.79 Å². The van der Waals surface area contributed by atoms with Gasteiger partial charge in [0.25, 0.3) is 5.91 Å². The molecule has 1 aromatic carbocycles. The fraction of sp³-hybridized carbons (Fsp3) is 0.450. The van der Waals surface area contributed by atoms with E-state index in [1.54, 1.807) is 11.3 Å². The van der Waals surface area contributed by atoms with Crippen molar-refractivity contribution in [2.75, 3.05) is 19.8 Å². The Morgan fingerprint density at radius 1 is 1.21 bits per heavy atom. The van der Waals surface area contributed by atoms with Gasteiger partial charge in [0, 0.05) is 35.6 Å². The summed E-state index contributed by atoms with van der Waals surface area (Å²) in [5.41, 5.74) is 2.04. The van der Waals surface area contributed by atoms with Gasteiger partial charge in [0.05, 0.1) is 0 Å². The summed E-state index contributed by atoms with van der Waals surface area (Å²) in [4.78, 5) is 13.9. The van der Waals surface area contributed by atoms with Gasteiger partial charge in [-0.15, -0.1) is 11.3 Å². The number of rotatable bonds is 6. The molecule has 2 aromatic rings. The van der Waals surface area contributed by atoms with Crippen molar-refractivity contribution in [3.63, 3.8) is 0 Å². The molecule has 1 fully saturated rings. The number of hydrogen-bond donors (Lipinski definition) is 1. The lowest BCUT2D eigenvalue weighted by atomic mass is 9.78. The summed E-state index contributed by atoms with van der Waals surface area (Å²) < 4.78 is 5.54. The molecule has 1 aliphatic rings. The first-order chi connectivity index (χ1) is 11.7. The number of benzene rings is 1. The minimum absolute atomic E-state index is 0.0143. The molecule has 24 heavy (non-hydrogen) atoms. The number of amides is 1. The van der Waals surface area contributed by atoms with Crippen molar-refractivity contribution in [2.24, 2.45) is 0 Å². The molecule has 1 amide bonds. The molecular formula is C20H25NO2S. The first-order valence-corrected chi connectivity index (χ1v) is 9.60. The van der Waals surface area contributed by atoms with Crippen molar-refractivity contribution in [2.45, 2.75) is 38.0 Å². The number of aryl methyl sites for hydroxylation is 1. The number of carbonyl (C=O) groups excluding carboxylic acids is 1. The maximum atomic E-state index is 12.5. The third-order valence-corrected chi connectivity index (χ3v) is 5.95. The number of thiophene rings is 1. The highest BCUT2D eigenvalue weighted by molar-refractivity contribution is 7.10. The Morgan fingerprint density at radius 3 is 2.58 bits per heavy atom. The molecule has 3 nitrogen and oxygen atoms in total. The quantitative estimate of drug-likeness (QED) is 0.854. The van der Waals surface area contributed by atoms with Crippen LogP contribution in [0.3, 0.4) is 0 Å². The summed E-state index contributed by atoms with van der Waals surface area (Å²) in [6, 6.07) is 12.3. The first kappa shape index (κ1) is 17.2. The van der Waals surface area contributed by atoms with Crippen LogP contribution in [0, 0.1) is 0 Å². The van der Waals surface area contributed by atoms with E-state index in [2.05, 4.69) is 41.9 Å². The molecule has 0 atom stereocenters. The van der Waals surface area contributed by atoms with Crippen LogP contribution in [0.4, 0.5) is 0 Å². The second kappa shape index (κ2) is 7.95. The Hall–Kier alpha value is -1.65.